The number of carbonyl (C=O) groups excluding carboxylic acids is 1. The quantitative estimate of drug-likeness (QED) is 0.659. The summed E-state index contributed by atoms with van der Waals surface area (Å²) in [6, 6.07) is -0.361. The Balaban J connectivity index is 2.06. The lowest BCUT2D eigenvalue weighted by Gasteiger charge is -2.31. The highest BCUT2D eigenvalue weighted by molar-refractivity contribution is 5.74. The van der Waals surface area contributed by atoms with Gasteiger partial charge in [0.25, 0.3) is 0 Å². The summed E-state index contributed by atoms with van der Waals surface area (Å²) < 4.78 is 0. The van der Waals surface area contributed by atoms with Crippen LogP contribution in [0.4, 0.5) is 4.79 Å². The van der Waals surface area contributed by atoms with E-state index in [1.165, 1.54) is 25.9 Å². The standard InChI is InChI=1S/C13H27N3O2/c1-3-16-8-5-12(6-9-16)4-7-14-13(18)15-11(2)10-17/h11-12,17H,3-10H2,1-2H3,(H2,14,15,18). The number of likely N-dealkylation sites (tertiary alicyclic amines) is 1. The Hall–Kier alpha value is -0.810. The van der Waals surface area contributed by atoms with E-state index < -0.39 is 0 Å². The molecule has 0 aromatic carbocycles. The van der Waals surface area contributed by atoms with Crippen molar-refractivity contribution >= 4 is 6.03 Å². The van der Waals surface area contributed by atoms with Gasteiger partial charge in [0.15, 0.2) is 0 Å². The van der Waals surface area contributed by atoms with E-state index in [4.69, 9.17) is 5.11 Å². The molecule has 18 heavy (non-hydrogen) atoms. The van der Waals surface area contributed by atoms with Crippen molar-refractivity contribution in [1.82, 2.24) is 15.5 Å². The van der Waals surface area contributed by atoms with Gasteiger partial charge in [-0.05, 0) is 51.7 Å². The van der Waals surface area contributed by atoms with E-state index in [1.54, 1.807) is 6.92 Å². The summed E-state index contributed by atoms with van der Waals surface area (Å²) in [5.74, 6) is 0.739. The summed E-state index contributed by atoms with van der Waals surface area (Å²) in [7, 11) is 0. The Kier molecular flexibility index (Phi) is 7.05. The van der Waals surface area contributed by atoms with Crippen LogP contribution < -0.4 is 10.6 Å². The lowest BCUT2D eigenvalue weighted by atomic mass is 9.93. The van der Waals surface area contributed by atoms with Crippen molar-refractivity contribution < 1.29 is 9.90 Å². The van der Waals surface area contributed by atoms with Gasteiger partial charge in [-0.2, -0.15) is 0 Å². The highest BCUT2D eigenvalue weighted by Crippen LogP contribution is 2.19. The zero-order valence-electron chi connectivity index (χ0n) is 11.6. The van der Waals surface area contributed by atoms with Crippen LogP contribution in [0.2, 0.25) is 0 Å². The van der Waals surface area contributed by atoms with E-state index in [2.05, 4.69) is 22.5 Å². The number of piperidine rings is 1. The molecule has 1 aliphatic rings. The van der Waals surface area contributed by atoms with Gasteiger partial charge in [0, 0.05) is 6.54 Å². The first kappa shape index (κ1) is 15.2. The predicted molar refractivity (Wildman–Crippen MR) is 72.5 cm³/mol. The van der Waals surface area contributed by atoms with E-state index in [1.807, 2.05) is 0 Å². The minimum Gasteiger partial charge on any atom is -0.394 e. The second kappa shape index (κ2) is 8.32. The van der Waals surface area contributed by atoms with E-state index in [9.17, 15) is 4.79 Å². The third kappa shape index (κ3) is 5.69. The predicted octanol–water partition coefficient (Wildman–Crippen LogP) is 0.788. The number of amides is 2. The zero-order valence-corrected chi connectivity index (χ0v) is 11.6. The van der Waals surface area contributed by atoms with Crippen molar-refractivity contribution in [2.75, 3.05) is 32.8 Å². The van der Waals surface area contributed by atoms with Crippen LogP contribution in [-0.4, -0.2) is 54.9 Å². The molecule has 1 rings (SSSR count). The van der Waals surface area contributed by atoms with Crippen molar-refractivity contribution in [1.29, 1.82) is 0 Å². The fourth-order valence-corrected chi connectivity index (χ4v) is 2.30. The molecule has 0 aromatic rings. The molecular formula is C13H27N3O2. The third-order valence-electron chi connectivity index (χ3n) is 3.64. The molecule has 1 heterocycles. The molecule has 2 amide bonds. The van der Waals surface area contributed by atoms with Crippen LogP contribution in [0.15, 0.2) is 0 Å². The Morgan fingerprint density at radius 1 is 1.44 bits per heavy atom. The molecule has 5 heteroatoms. The van der Waals surface area contributed by atoms with Crippen LogP contribution in [0, 0.1) is 5.92 Å². The van der Waals surface area contributed by atoms with Crippen molar-refractivity contribution in [3.63, 3.8) is 0 Å². The van der Waals surface area contributed by atoms with Crippen molar-refractivity contribution in [3.8, 4) is 0 Å². The number of hydrogen-bond acceptors (Lipinski definition) is 3. The first-order valence-electron chi connectivity index (χ1n) is 7.03. The number of hydrogen-bond donors (Lipinski definition) is 3. The van der Waals surface area contributed by atoms with Gasteiger partial charge in [-0.3, -0.25) is 0 Å². The average molecular weight is 257 g/mol. The molecule has 106 valence electrons. The first-order valence-corrected chi connectivity index (χ1v) is 7.03. The molecule has 0 spiro atoms. The van der Waals surface area contributed by atoms with Crippen LogP contribution in [0.1, 0.15) is 33.1 Å². The summed E-state index contributed by atoms with van der Waals surface area (Å²) in [6.45, 7) is 8.20. The average Bonchev–Trinajstić information content (AvgIpc) is 2.39. The van der Waals surface area contributed by atoms with E-state index in [0.29, 0.717) is 0 Å². The number of urea groups is 1. The Bertz CT molecular complexity index is 240. The Morgan fingerprint density at radius 2 is 2.11 bits per heavy atom. The van der Waals surface area contributed by atoms with Gasteiger partial charge in [0.1, 0.15) is 0 Å². The smallest absolute Gasteiger partial charge is 0.315 e. The van der Waals surface area contributed by atoms with Crippen molar-refractivity contribution in [3.05, 3.63) is 0 Å². The van der Waals surface area contributed by atoms with Gasteiger partial charge in [0.05, 0.1) is 12.6 Å². The molecule has 1 fully saturated rings. The SMILES string of the molecule is CCN1CCC(CCNC(=O)NC(C)CO)CC1. The number of rotatable bonds is 6. The fourth-order valence-electron chi connectivity index (χ4n) is 2.30. The molecule has 5 nitrogen and oxygen atoms in total. The zero-order chi connectivity index (χ0) is 13.4. The number of aliphatic hydroxyl groups excluding tert-OH is 1. The van der Waals surface area contributed by atoms with Crippen LogP contribution in [0.3, 0.4) is 0 Å². The Morgan fingerprint density at radius 3 is 2.67 bits per heavy atom. The van der Waals surface area contributed by atoms with E-state index in [-0.39, 0.29) is 18.7 Å². The summed E-state index contributed by atoms with van der Waals surface area (Å²) in [5, 5.41) is 14.3. The molecule has 0 radical (unpaired) electrons. The maximum absolute atomic E-state index is 11.4. The maximum Gasteiger partial charge on any atom is 0.315 e. The molecule has 0 aliphatic carbocycles. The van der Waals surface area contributed by atoms with E-state index >= 15 is 0 Å². The topological polar surface area (TPSA) is 64.6 Å². The van der Waals surface area contributed by atoms with Crippen LogP contribution in [0.25, 0.3) is 0 Å². The highest BCUT2D eigenvalue weighted by Gasteiger charge is 2.17. The lowest BCUT2D eigenvalue weighted by molar-refractivity contribution is 0.185. The second-order valence-electron chi connectivity index (χ2n) is 5.15. The molecule has 0 saturated carbocycles. The number of nitrogens with zero attached hydrogens (tertiary/aromatic N) is 1. The molecule has 0 bridgehead atoms. The normalized spacial score (nSPS) is 19.5. The third-order valence-corrected chi connectivity index (χ3v) is 3.64. The molecule has 1 saturated heterocycles. The monoisotopic (exact) mass is 257 g/mol. The Labute approximate surface area is 110 Å². The van der Waals surface area contributed by atoms with Crippen LogP contribution >= 0.6 is 0 Å². The fraction of sp³-hybridized carbons (Fsp3) is 0.923. The van der Waals surface area contributed by atoms with Crippen molar-refractivity contribution in [2.24, 2.45) is 5.92 Å². The minimum atomic E-state index is -0.183. The highest BCUT2D eigenvalue weighted by atomic mass is 16.3. The van der Waals surface area contributed by atoms with Crippen LogP contribution in [-0.2, 0) is 0 Å². The van der Waals surface area contributed by atoms with Gasteiger partial charge in [-0.15, -0.1) is 0 Å². The molecule has 0 aromatic heterocycles. The van der Waals surface area contributed by atoms with Gasteiger partial charge in [-0.25, -0.2) is 4.79 Å². The van der Waals surface area contributed by atoms with Gasteiger partial charge >= 0.3 is 6.03 Å². The summed E-state index contributed by atoms with van der Waals surface area (Å²) in [5.41, 5.74) is 0. The molecule has 3 N–H and O–H groups in total. The summed E-state index contributed by atoms with van der Waals surface area (Å²) in [4.78, 5) is 13.9. The van der Waals surface area contributed by atoms with E-state index in [0.717, 1.165) is 25.4 Å². The number of carbonyl (C=O) groups is 1. The summed E-state index contributed by atoms with van der Waals surface area (Å²) >= 11 is 0. The molecular weight excluding hydrogens is 230 g/mol. The van der Waals surface area contributed by atoms with Gasteiger partial charge < -0.3 is 20.6 Å². The van der Waals surface area contributed by atoms with Crippen molar-refractivity contribution in [2.45, 2.75) is 39.2 Å². The first-order chi connectivity index (χ1) is 8.65. The van der Waals surface area contributed by atoms with Crippen LogP contribution in [0.5, 0.6) is 0 Å². The van der Waals surface area contributed by atoms with Gasteiger partial charge in [-0.1, -0.05) is 6.92 Å². The second-order valence-corrected chi connectivity index (χ2v) is 5.15. The number of aliphatic hydroxyl groups is 1. The molecule has 1 aliphatic heterocycles. The molecule has 1 atom stereocenters. The largest absolute Gasteiger partial charge is 0.394 e. The maximum atomic E-state index is 11.4. The minimum absolute atomic E-state index is 0.0249. The summed E-state index contributed by atoms with van der Waals surface area (Å²) in [6.07, 6.45) is 3.53. The lowest BCUT2D eigenvalue weighted by Crippen LogP contribution is -2.43. The molecule has 1 unspecified atom stereocenters. The number of nitrogens with one attached hydrogen (secondary N) is 2. The van der Waals surface area contributed by atoms with Gasteiger partial charge in [0.2, 0.25) is 0 Å².